The molecule has 2 aliphatic rings. The normalized spacial score (nSPS) is 30.0. The zero-order valence-corrected chi connectivity index (χ0v) is 7.87. The van der Waals surface area contributed by atoms with E-state index in [0.29, 0.717) is 6.54 Å². The van der Waals surface area contributed by atoms with Crippen LogP contribution in [0.1, 0.15) is 0 Å². The Bertz CT molecular complexity index is 243. The van der Waals surface area contributed by atoms with Gasteiger partial charge in [-0.15, -0.1) is 12.4 Å². The summed E-state index contributed by atoms with van der Waals surface area (Å²) in [6, 6.07) is 0. The number of aliphatic imine (C=N–C) groups is 1. The Morgan fingerprint density at radius 3 is 3.15 bits per heavy atom. The molecule has 0 bridgehead atoms. The van der Waals surface area contributed by atoms with E-state index in [1.165, 1.54) is 0 Å². The van der Waals surface area contributed by atoms with Gasteiger partial charge in [-0.1, -0.05) is 0 Å². The molecule has 2 aliphatic heterocycles. The Hall–Kier alpha value is -0.620. The first kappa shape index (κ1) is 10.5. The molecule has 0 aromatic heterocycles. The third-order valence-corrected chi connectivity index (χ3v) is 2.12. The number of nitrogens with zero attached hydrogens (tertiary/aromatic N) is 2. The summed E-state index contributed by atoms with van der Waals surface area (Å²) in [7, 11) is 0. The summed E-state index contributed by atoms with van der Waals surface area (Å²) in [4.78, 5) is 4.02. The van der Waals surface area contributed by atoms with Gasteiger partial charge in [0.25, 0.3) is 0 Å². The van der Waals surface area contributed by atoms with Gasteiger partial charge in [-0.25, -0.2) is 5.43 Å². The second-order valence-electron chi connectivity index (χ2n) is 2.91. The van der Waals surface area contributed by atoms with Crippen molar-refractivity contribution in [3.05, 3.63) is 11.9 Å². The first-order valence-electron chi connectivity index (χ1n) is 3.96. The lowest BCUT2D eigenvalue weighted by Gasteiger charge is -2.17. The SMILES string of the molecule is Cl.NC1NN(CCO)C2=CN=CC21. The summed E-state index contributed by atoms with van der Waals surface area (Å²) in [5, 5.41) is 10.6. The predicted molar refractivity (Wildman–Crippen MR) is 52.2 cm³/mol. The minimum absolute atomic E-state index is 0. The minimum atomic E-state index is -0.103. The van der Waals surface area contributed by atoms with Crippen molar-refractivity contribution in [1.29, 1.82) is 0 Å². The van der Waals surface area contributed by atoms with Crippen LogP contribution in [0.3, 0.4) is 0 Å². The van der Waals surface area contributed by atoms with Gasteiger partial charge in [-0.3, -0.25) is 4.99 Å². The average molecular weight is 205 g/mol. The Balaban J connectivity index is 0.000000845. The number of hydrogen-bond acceptors (Lipinski definition) is 5. The number of nitrogens with one attached hydrogen (secondary N) is 1. The second-order valence-corrected chi connectivity index (χ2v) is 2.91. The topological polar surface area (TPSA) is 73.9 Å². The fraction of sp³-hybridized carbons (Fsp3) is 0.571. The average Bonchev–Trinajstić information content (AvgIpc) is 2.58. The van der Waals surface area contributed by atoms with Gasteiger partial charge < -0.3 is 15.8 Å². The standard InChI is InChI=1S/C7H12N4O.ClH/c8-7-5-3-9-4-6(5)11(10-7)1-2-12;/h3-5,7,10,12H,1-2,8H2;1H. The van der Waals surface area contributed by atoms with E-state index in [4.69, 9.17) is 10.8 Å². The molecule has 0 aliphatic carbocycles. The molecule has 5 nitrogen and oxygen atoms in total. The van der Waals surface area contributed by atoms with Crippen molar-refractivity contribution >= 4 is 18.6 Å². The molecule has 1 saturated heterocycles. The Morgan fingerprint density at radius 1 is 1.69 bits per heavy atom. The van der Waals surface area contributed by atoms with Crippen molar-refractivity contribution in [2.75, 3.05) is 13.2 Å². The van der Waals surface area contributed by atoms with E-state index in [1.54, 1.807) is 6.20 Å². The maximum absolute atomic E-state index is 8.74. The molecule has 6 heteroatoms. The summed E-state index contributed by atoms with van der Waals surface area (Å²) in [6.07, 6.45) is 3.50. The van der Waals surface area contributed by atoms with Gasteiger partial charge in [0.05, 0.1) is 30.9 Å². The lowest BCUT2D eigenvalue weighted by molar-refractivity contribution is 0.196. The number of rotatable bonds is 2. The molecule has 2 unspecified atom stereocenters. The molecular weight excluding hydrogens is 192 g/mol. The third kappa shape index (κ3) is 1.68. The van der Waals surface area contributed by atoms with Crippen molar-refractivity contribution in [2.45, 2.75) is 6.17 Å². The van der Waals surface area contributed by atoms with Crippen LogP contribution in [0, 0.1) is 5.92 Å². The Kier molecular flexibility index (Phi) is 3.27. The summed E-state index contributed by atoms with van der Waals surface area (Å²) in [5.74, 6) is 0.177. The van der Waals surface area contributed by atoms with E-state index >= 15 is 0 Å². The molecule has 0 aromatic rings. The van der Waals surface area contributed by atoms with Crippen LogP contribution >= 0.6 is 12.4 Å². The molecule has 2 atom stereocenters. The van der Waals surface area contributed by atoms with Gasteiger partial charge in [0.2, 0.25) is 0 Å². The Labute approximate surface area is 82.7 Å². The lowest BCUT2D eigenvalue weighted by atomic mass is 10.1. The number of aliphatic hydroxyl groups excluding tert-OH is 1. The number of β-amino-alcohol motifs (C(OH)–C–C–N with tert-alkyl or cyclic N) is 1. The summed E-state index contributed by atoms with van der Waals surface area (Å²) < 4.78 is 0. The van der Waals surface area contributed by atoms with E-state index in [0.717, 1.165) is 5.70 Å². The van der Waals surface area contributed by atoms with Gasteiger partial charge in [-0.2, -0.15) is 0 Å². The van der Waals surface area contributed by atoms with Crippen LogP contribution in [0.15, 0.2) is 16.9 Å². The molecule has 4 N–H and O–H groups in total. The second kappa shape index (κ2) is 4.06. The molecule has 0 aromatic carbocycles. The molecule has 2 heterocycles. The quantitative estimate of drug-likeness (QED) is 0.542. The maximum Gasteiger partial charge on any atom is 0.0862 e. The van der Waals surface area contributed by atoms with Crippen molar-refractivity contribution in [3.63, 3.8) is 0 Å². The summed E-state index contributed by atoms with van der Waals surface area (Å²) in [6.45, 7) is 0.670. The number of fused-ring (bicyclic) bond motifs is 1. The smallest absolute Gasteiger partial charge is 0.0862 e. The van der Waals surface area contributed by atoms with Gasteiger partial charge in [0.1, 0.15) is 0 Å². The molecule has 2 rings (SSSR count). The predicted octanol–water partition coefficient (Wildman–Crippen LogP) is -0.953. The minimum Gasteiger partial charge on any atom is -0.394 e. The van der Waals surface area contributed by atoms with Gasteiger partial charge in [0, 0.05) is 12.4 Å². The molecule has 13 heavy (non-hydrogen) atoms. The summed E-state index contributed by atoms with van der Waals surface area (Å²) >= 11 is 0. The zero-order valence-electron chi connectivity index (χ0n) is 7.05. The molecule has 0 saturated carbocycles. The maximum atomic E-state index is 8.74. The highest BCUT2D eigenvalue weighted by molar-refractivity contribution is 5.85. The number of aliphatic hydroxyl groups is 1. The molecule has 0 radical (unpaired) electrons. The van der Waals surface area contributed by atoms with Crippen LogP contribution < -0.4 is 11.2 Å². The van der Waals surface area contributed by atoms with E-state index < -0.39 is 0 Å². The highest BCUT2D eigenvalue weighted by Gasteiger charge is 2.34. The van der Waals surface area contributed by atoms with Crippen molar-refractivity contribution in [1.82, 2.24) is 10.4 Å². The van der Waals surface area contributed by atoms with Crippen LogP contribution in [0.2, 0.25) is 0 Å². The number of hydrazine groups is 1. The molecular formula is C7H13ClN4O. The highest BCUT2D eigenvalue weighted by atomic mass is 35.5. The van der Waals surface area contributed by atoms with Crippen molar-refractivity contribution in [2.24, 2.45) is 16.6 Å². The highest BCUT2D eigenvalue weighted by Crippen LogP contribution is 2.25. The van der Waals surface area contributed by atoms with Crippen LogP contribution in [0.5, 0.6) is 0 Å². The van der Waals surface area contributed by atoms with Crippen LogP contribution in [-0.4, -0.2) is 35.6 Å². The molecule has 0 amide bonds. The Morgan fingerprint density at radius 2 is 2.46 bits per heavy atom. The van der Waals surface area contributed by atoms with E-state index in [2.05, 4.69) is 10.4 Å². The van der Waals surface area contributed by atoms with Crippen molar-refractivity contribution < 1.29 is 5.11 Å². The molecule has 0 spiro atoms. The lowest BCUT2D eigenvalue weighted by Crippen LogP contribution is -2.42. The van der Waals surface area contributed by atoms with E-state index in [1.807, 2.05) is 11.2 Å². The first-order valence-corrected chi connectivity index (χ1v) is 3.96. The van der Waals surface area contributed by atoms with Crippen LogP contribution in [0.4, 0.5) is 0 Å². The first-order chi connectivity index (χ1) is 5.83. The zero-order chi connectivity index (χ0) is 8.55. The van der Waals surface area contributed by atoms with Crippen molar-refractivity contribution in [3.8, 4) is 0 Å². The molecule has 1 fully saturated rings. The van der Waals surface area contributed by atoms with Gasteiger partial charge in [0.15, 0.2) is 0 Å². The van der Waals surface area contributed by atoms with Crippen LogP contribution in [0.25, 0.3) is 0 Å². The number of halogens is 1. The fourth-order valence-electron chi connectivity index (χ4n) is 1.53. The largest absolute Gasteiger partial charge is 0.394 e. The number of nitrogens with two attached hydrogens (primary N) is 1. The van der Waals surface area contributed by atoms with Gasteiger partial charge >= 0.3 is 0 Å². The molecule has 74 valence electrons. The summed E-state index contributed by atoms with van der Waals surface area (Å²) in [5.41, 5.74) is 9.87. The van der Waals surface area contributed by atoms with Gasteiger partial charge in [-0.05, 0) is 0 Å². The monoisotopic (exact) mass is 204 g/mol. The fourth-order valence-corrected chi connectivity index (χ4v) is 1.53. The van der Waals surface area contributed by atoms with Crippen LogP contribution in [-0.2, 0) is 0 Å². The van der Waals surface area contributed by atoms with E-state index in [9.17, 15) is 0 Å². The van der Waals surface area contributed by atoms with E-state index in [-0.39, 0.29) is 31.1 Å². The number of hydrogen-bond donors (Lipinski definition) is 3. The third-order valence-electron chi connectivity index (χ3n) is 2.12.